The van der Waals surface area contributed by atoms with Gasteiger partial charge in [-0.25, -0.2) is 19.6 Å². The van der Waals surface area contributed by atoms with Crippen LogP contribution < -0.4 is 68.3 Å². The predicted octanol–water partition coefficient (Wildman–Crippen LogP) is 4.09. The largest absolute Gasteiger partial charge is 0.493 e. The molecule has 0 bridgehead atoms. The first-order valence-electron chi connectivity index (χ1n) is 40.3. The quantitative estimate of drug-likeness (QED) is 0.00651. The molecule has 0 saturated carbocycles. The smallest absolute Gasteiger partial charge is 0.412 e. The summed E-state index contributed by atoms with van der Waals surface area (Å²) in [6.45, 7) is 10.9. The second-order valence-corrected chi connectivity index (χ2v) is 33.4. The molecule has 18 N–H and O–H groups in total. The van der Waals surface area contributed by atoms with E-state index < -0.39 is 193 Å². The molecule has 0 aliphatic carbocycles. The van der Waals surface area contributed by atoms with Gasteiger partial charge in [-0.2, -0.15) is 4.98 Å². The first-order chi connectivity index (χ1) is 60.5. The maximum absolute atomic E-state index is 14.5. The van der Waals surface area contributed by atoms with Gasteiger partial charge in [0.15, 0.2) is 57.9 Å². The number of unbranched alkanes of at least 4 members (excludes halogenated alkanes) is 2. The third kappa shape index (κ3) is 27.8. The van der Waals surface area contributed by atoms with Gasteiger partial charge in [0.2, 0.25) is 17.8 Å². The normalized spacial score (nSPS) is 16.8. The minimum Gasteiger partial charge on any atom is -0.493 e. The highest BCUT2D eigenvalue weighted by atomic mass is 33.1. The number of H-pyrrole nitrogens is 1. The summed E-state index contributed by atoms with van der Waals surface area (Å²) in [7, 11) is 4.95. The maximum atomic E-state index is 14.5. The minimum atomic E-state index is -2.00. The highest BCUT2D eigenvalue weighted by molar-refractivity contribution is 8.76. The zero-order chi connectivity index (χ0) is 92.5. The highest BCUT2D eigenvalue weighted by Gasteiger charge is 2.46. The van der Waals surface area contributed by atoms with Crippen LogP contribution in [0, 0.1) is 23.2 Å². The summed E-state index contributed by atoms with van der Waals surface area (Å²) in [5, 5.41) is 69.4. The number of nitrogens with one attached hydrogen (secondary N) is 7. The van der Waals surface area contributed by atoms with E-state index in [2.05, 4.69) is 64.7 Å². The fourth-order valence-corrected chi connectivity index (χ4v) is 16.8. The van der Waals surface area contributed by atoms with Gasteiger partial charge in [0.1, 0.15) is 18.4 Å². The number of aliphatic imine (C=N–C) groups is 1. The van der Waals surface area contributed by atoms with Gasteiger partial charge in [0.05, 0.1) is 137 Å². The molecule has 2 unspecified atom stereocenters. The number of ketones is 3. The molecule has 10 atom stereocenters. The van der Waals surface area contributed by atoms with Crippen molar-refractivity contribution in [3.05, 3.63) is 112 Å². The van der Waals surface area contributed by atoms with Crippen LogP contribution in [0.2, 0.25) is 0 Å². The van der Waals surface area contributed by atoms with Gasteiger partial charge in [-0.05, 0) is 94.7 Å². The molecular formula is C82H101N17O26S2. The van der Waals surface area contributed by atoms with Gasteiger partial charge in [-0.3, -0.25) is 82.6 Å². The molecule has 127 heavy (non-hydrogen) atoms. The summed E-state index contributed by atoms with van der Waals surface area (Å²) >= 11 is 0. The maximum Gasteiger partial charge on any atom is 0.412 e. The van der Waals surface area contributed by atoms with E-state index in [1.54, 1.807) is 30.2 Å². The van der Waals surface area contributed by atoms with Crippen LogP contribution in [0.3, 0.4) is 0 Å². The van der Waals surface area contributed by atoms with Crippen molar-refractivity contribution in [3.63, 3.8) is 0 Å². The lowest BCUT2D eigenvalue weighted by Gasteiger charge is -2.33. The van der Waals surface area contributed by atoms with E-state index in [0.29, 0.717) is 84.3 Å². The second-order valence-electron chi connectivity index (χ2n) is 30.5. The number of Topliss-reactive ketones (excluding diaryl/α,β-unsaturated/α-hetero) is 3. The number of carbonyl (C=O) groups excluding carboxylic acids is 9. The molecular weight excluding hydrogens is 1700 g/mol. The Labute approximate surface area is 733 Å². The zero-order valence-electron chi connectivity index (χ0n) is 69.6. The molecule has 43 nitrogen and oxygen atoms in total. The van der Waals surface area contributed by atoms with Gasteiger partial charge in [0, 0.05) is 91.6 Å². The molecule has 682 valence electrons. The van der Waals surface area contributed by atoms with E-state index >= 15 is 0 Å². The summed E-state index contributed by atoms with van der Waals surface area (Å²) in [4.78, 5) is 223. The number of guanidine groups is 1. The summed E-state index contributed by atoms with van der Waals surface area (Å²) < 4.78 is 35.2. The van der Waals surface area contributed by atoms with Crippen molar-refractivity contribution in [1.29, 1.82) is 5.41 Å². The number of nitrogens with two attached hydrogens (primary N) is 3. The number of anilines is 3. The number of carboxylic acid groups (broad SMARTS) is 5. The van der Waals surface area contributed by atoms with Crippen LogP contribution in [-0.4, -0.2) is 269 Å². The van der Waals surface area contributed by atoms with Crippen LogP contribution in [-0.2, 0) is 64.0 Å². The van der Waals surface area contributed by atoms with Gasteiger partial charge in [0.25, 0.3) is 23.3 Å². The van der Waals surface area contributed by atoms with Crippen molar-refractivity contribution in [2.24, 2.45) is 28.5 Å². The van der Waals surface area contributed by atoms with Crippen LogP contribution in [0.25, 0.3) is 11.2 Å². The molecule has 0 radical (unpaired) electrons. The number of methoxy groups -OCH3 is 2. The van der Waals surface area contributed by atoms with Gasteiger partial charge in [-0.15, -0.1) is 0 Å². The molecule has 4 aliphatic heterocycles. The van der Waals surface area contributed by atoms with Crippen molar-refractivity contribution < 1.29 is 121 Å². The Hall–Kier alpha value is -13.5. The van der Waals surface area contributed by atoms with Gasteiger partial charge in [-0.1, -0.05) is 45.9 Å². The summed E-state index contributed by atoms with van der Waals surface area (Å²) in [5.41, 5.74) is 20.4. The number of hydrogen-bond acceptors (Lipinski definition) is 31. The number of nitrogens with zero attached hydrogens (tertiary/aromatic N) is 7. The van der Waals surface area contributed by atoms with Crippen LogP contribution in [0.5, 0.6) is 23.0 Å². The number of nitrogen functional groups attached to an aromatic ring is 2. The molecule has 6 heterocycles. The lowest BCUT2D eigenvalue weighted by Crippen LogP contribution is -2.51. The van der Waals surface area contributed by atoms with E-state index in [0.717, 1.165) is 27.2 Å². The SMILES string of the molecule is C=C1C[C@H]2C=Nc3cc(OCCCCCOc4cc(N)c(C(=O)N5CC(=C)C[C@H]5C5OCCN5C(=O)OCC(C)SSC[C@H](CC(=O)[C@H](CC(=O)O)NC(=O)[C@H](CC(=O)O)CC(=O)[C@H](CCCNC(=N)N)NC(=O)[C@H](CC(=O)O)CC(=O)CC[C@H](NC(=O)c5ccc(NCc6cnc7nc(N)[nH]c(=O)c7n6)cc5)C(=O)O)C(=O)O)cc4OC)c(OC)cc3C(=O)N2C1. The van der Waals surface area contributed by atoms with Crippen LogP contribution in [0.4, 0.5) is 27.8 Å². The number of hydrogen-bond donors (Lipinski definition) is 15. The molecule has 9 rings (SSSR count). The fraction of sp³-hybridized carbons (Fsp3) is 0.463. The van der Waals surface area contributed by atoms with Crippen molar-refractivity contribution in [2.75, 3.05) is 89.4 Å². The molecule has 2 aromatic heterocycles. The standard InChI is InChI=1S/C82H101N17O26S2/c1-41-22-50-36-89-57-32-65(63(121-5)30-53(57)76(114)98(50)37-41)123-20-8-6-7-19-122-64-31-54(83)52(29-62(64)120-4)75(113)99-38-42(2)23-59(99)77-97(18-21-124-77)82(119)125-39-43(3)127-126-40-47(78(115)116)26-61(102)58(33-68(107)108)94-73(111)46(28-67(105)106)25-60(101)55(10-9-17-87-80(84)85)92-72(110)45(27-66(103)104)24-51(100)15-16-56(79(117)118)93-71(109)44-11-13-48(14-12-44)88-34-49-35-90-70-69(91-49)74(112)96-81(86)95-70/h11-14,29-32,35-36,43,45-47,50,55-56,58-59,77,88H,1-2,6-10,15-28,33-34,37-40,83H2,3-5H3,(H,92,110)(H,93,109)(H,94,111)(H,103,104)(H,105,106)(H,107,108)(H,115,116)(H,117,118)(H4,84,85,87)(H3,86,90,95,96,112)/t43?,45-,46-,47-,50-,55-,56-,58-,59-,77?/m0/s1. The Balaban J connectivity index is 0.728. The first-order valence-corrected chi connectivity index (χ1v) is 42.7. The third-order valence-corrected chi connectivity index (χ3v) is 23.7. The molecule has 6 amide bonds. The van der Waals surface area contributed by atoms with E-state index in [-0.39, 0.29) is 123 Å². The van der Waals surface area contributed by atoms with Crippen LogP contribution >= 0.6 is 21.6 Å². The number of fused-ring (bicyclic) bond motifs is 3. The number of rotatable bonds is 50. The zero-order valence-corrected chi connectivity index (χ0v) is 71.3. The number of aromatic amines is 1. The Kier molecular flexibility index (Phi) is 35.2. The number of aromatic nitrogens is 4. The van der Waals surface area contributed by atoms with Crippen molar-refractivity contribution in [1.82, 2.24) is 55.9 Å². The highest BCUT2D eigenvalue weighted by Crippen LogP contribution is 2.41. The number of amides is 6. The first kappa shape index (κ1) is 97.3. The molecule has 45 heteroatoms. The summed E-state index contributed by atoms with van der Waals surface area (Å²) in [5.74, 6) is -19.9. The molecule has 3 fully saturated rings. The van der Waals surface area contributed by atoms with E-state index in [1.165, 1.54) is 66.6 Å². The Morgan fingerprint density at radius 3 is 2.00 bits per heavy atom. The van der Waals surface area contributed by atoms with E-state index in [4.69, 9.17) is 51.0 Å². The molecule has 0 spiro atoms. The Morgan fingerprint density at radius 2 is 1.35 bits per heavy atom. The van der Waals surface area contributed by atoms with Gasteiger partial charge >= 0.3 is 35.9 Å². The second kappa shape index (κ2) is 46.0. The Bertz CT molecular complexity index is 5110. The number of likely N-dealkylation sites (tertiary alicyclic amines) is 1. The molecule has 3 saturated heterocycles. The van der Waals surface area contributed by atoms with E-state index in [1.807, 2.05) is 0 Å². The lowest BCUT2D eigenvalue weighted by molar-refractivity contribution is -0.145. The number of aliphatic carboxylic acids is 5. The summed E-state index contributed by atoms with van der Waals surface area (Å²) in [6, 6.07) is 5.73. The van der Waals surface area contributed by atoms with Crippen molar-refractivity contribution >= 4 is 151 Å². The van der Waals surface area contributed by atoms with Crippen molar-refractivity contribution in [3.8, 4) is 23.0 Å². The fourth-order valence-electron chi connectivity index (χ4n) is 14.3. The van der Waals surface area contributed by atoms with Crippen LogP contribution in [0.1, 0.15) is 140 Å². The number of benzene rings is 3. The monoisotopic (exact) mass is 1800 g/mol. The average Bonchev–Trinajstić information content (AvgIpc) is 1.66. The average molecular weight is 1800 g/mol. The number of ether oxygens (including phenoxy) is 6. The third-order valence-electron chi connectivity index (χ3n) is 20.8. The topological polar surface area (TPSA) is 651 Å². The van der Waals surface area contributed by atoms with Crippen LogP contribution in [0.15, 0.2) is 88.8 Å². The number of carbonyl (C=O) groups is 14. The minimum absolute atomic E-state index is 0.00374. The summed E-state index contributed by atoms with van der Waals surface area (Å²) in [6.07, 6.45) is -3.49. The molecule has 5 aromatic rings. The molecule has 4 aliphatic rings. The molecule has 3 aromatic carbocycles. The predicted molar refractivity (Wildman–Crippen MR) is 459 cm³/mol. The van der Waals surface area contributed by atoms with Crippen molar-refractivity contribution in [2.45, 2.75) is 151 Å². The lowest BCUT2D eigenvalue weighted by atomic mass is 9.90. The number of carboxylic acids is 5. The van der Waals surface area contributed by atoms with Gasteiger partial charge < -0.3 is 108 Å². The van der Waals surface area contributed by atoms with E-state index in [9.17, 15) is 97.5 Å². The Morgan fingerprint density at radius 1 is 0.709 bits per heavy atom.